The van der Waals surface area contributed by atoms with Crippen molar-refractivity contribution in [3.05, 3.63) is 52.8 Å². The van der Waals surface area contributed by atoms with E-state index in [-0.39, 0.29) is 18.0 Å². The quantitative estimate of drug-likeness (QED) is 0.749. The van der Waals surface area contributed by atoms with Crippen LogP contribution in [0.4, 0.5) is 13.2 Å². The lowest BCUT2D eigenvalue weighted by molar-refractivity contribution is -0.137. The number of rotatable bonds is 6. The first-order valence-corrected chi connectivity index (χ1v) is 10.3. The molecule has 1 amide bonds. The van der Waals surface area contributed by atoms with Crippen LogP contribution in [0.5, 0.6) is 6.01 Å². The minimum absolute atomic E-state index is 0.0302. The molecule has 31 heavy (non-hydrogen) atoms. The van der Waals surface area contributed by atoms with Crippen LogP contribution in [0.2, 0.25) is 0 Å². The van der Waals surface area contributed by atoms with Crippen LogP contribution in [0.3, 0.4) is 0 Å². The number of hydrogen-bond donors (Lipinski definition) is 1. The van der Waals surface area contributed by atoms with Gasteiger partial charge in [0.25, 0.3) is 5.91 Å². The van der Waals surface area contributed by atoms with Crippen molar-refractivity contribution in [3.63, 3.8) is 0 Å². The highest BCUT2D eigenvalue weighted by Crippen LogP contribution is 2.29. The normalized spacial score (nSPS) is 16.7. The molecule has 1 atom stereocenters. The Balaban J connectivity index is 1.44. The summed E-state index contributed by atoms with van der Waals surface area (Å²) in [5, 5.41) is 3.01. The van der Waals surface area contributed by atoms with Gasteiger partial charge in [-0.25, -0.2) is 9.97 Å². The third-order valence-electron chi connectivity index (χ3n) is 5.23. The maximum absolute atomic E-state index is 12.7. The van der Waals surface area contributed by atoms with Gasteiger partial charge < -0.3 is 10.1 Å². The Morgan fingerprint density at radius 3 is 2.29 bits per heavy atom. The molecule has 1 aromatic heterocycles. The summed E-state index contributed by atoms with van der Waals surface area (Å²) in [6, 6.07) is 7.31. The number of likely N-dealkylation sites (tertiary alicyclic amines) is 1. The molecule has 6 nitrogen and oxygen atoms in total. The number of amides is 1. The molecule has 9 heteroatoms. The third-order valence-corrected chi connectivity index (χ3v) is 5.23. The van der Waals surface area contributed by atoms with Crippen molar-refractivity contribution in [2.75, 3.05) is 13.1 Å². The largest absolute Gasteiger partial charge is 0.450 e. The Labute approximate surface area is 179 Å². The number of alkyl halides is 3. The van der Waals surface area contributed by atoms with Crippen LogP contribution in [0, 0.1) is 13.8 Å². The van der Waals surface area contributed by atoms with Crippen molar-refractivity contribution < 1.29 is 22.7 Å². The van der Waals surface area contributed by atoms with E-state index in [1.807, 2.05) is 19.9 Å². The van der Waals surface area contributed by atoms with Crippen LogP contribution < -0.4 is 10.1 Å². The summed E-state index contributed by atoms with van der Waals surface area (Å²) in [5.74, 6) is -0.219. The van der Waals surface area contributed by atoms with Crippen LogP contribution >= 0.6 is 0 Å². The summed E-state index contributed by atoms with van der Waals surface area (Å²) < 4.78 is 43.6. The zero-order valence-electron chi connectivity index (χ0n) is 17.9. The minimum Gasteiger partial charge on any atom is -0.450 e. The zero-order chi connectivity index (χ0) is 22.6. The molecule has 0 aliphatic carbocycles. The first-order valence-electron chi connectivity index (χ1n) is 10.3. The van der Waals surface area contributed by atoms with Gasteiger partial charge in [0.05, 0.1) is 5.56 Å². The second-order valence-corrected chi connectivity index (χ2v) is 7.95. The average Bonchev–Trinajstić information content (AvgIpc) is 2.68. The lowest BCUT2D eigenvalue weighted by Crippen LogP contribution is -2.48. The van der Waals surface area contributed by atoms with Gasteiger partial charge in [0.15, 0.2) is 6.10 Å². The Morgan fingerprint density at radius 2 is 1.74 bits per heavy atom. The Morgan fingerprint density at radius 1 is 1.16 bits per heavy atom. The molecule has 1 saturated heterocycles. The van der Waals surface area contributed by atoms with E-state index in [4.69, 9.17) is 4.74 Å². The van der Waals surface area contributed by atoms with E-state index in [2.05, 4.69) is 20.2 Å². The molecular formula is C22H27F3N4O2. The van der Waals surface area contributed by atoms with Gasteiger partial charge in [0.2, 0.25) is 0 Å². The standard InChI is InChI=1S/C22H27F3N4O2/c1-14-12-15(2)27-21(26-14)31-16(3)20(30)28-19-8-10-29(11-9-19)13-17-4-6-18(7-5-17)22(23,24)25/h4-7,12,16,19H,8-11,13H2,1-3H3,(H,28,30). The maximum atomic E-state index is 12.7. The fraction of sp³-hybridized carbons (Fsp3) is 0.500. The zero-order valence-corrected chi connectivity index (χ0v) is 17.9. The summed E-state index contributed by atoms with van der Waals surface area (Å²) >= 11 is 0. The molecule has 0 bridgehead atoms. The van der Waals surface area contributed by atoms with E-state index in [0.29, 0.717) is 6.54 Å². The lowest BCUT2D eigenvalue weighted by Gasteiger charge is -2.32. The fourth-order valence-corrected chi connectivity index (χ4v) is 3.57. The highest BCUT2D eigenvalue weighted by molar-refractivity contribution is 5.80. The molecule has 0 spiro atoms. The number of nitrogens with one attached hydrogen (secondary N) is 1. The Hall–Kier alpha value is -2.68. The first kappa shape index (κ1) is 23.0. The molecule has 168 valence electrons. The summed E-state index contributed by atoms with van der Waals surface area (Å²) in [7, 11) is 0. The van der Waals surface area contributed by atoms with Gasteiger partial charge in [-0.1, -0.05) is 12.1 Å². The molecule has 2 heterocycles. The smallest absolute Gasteiger partial charge is 0.416 e. The number of nitrogens with zero attached hydrogens (tertiary/aromatic N) is 3. The number of hydrogen-bond acceptors (Lipinski definition) is 5. The number of piperidine rings is 1. The summed E-state index contributed by atoms with van der Waals surface area (Å²) in [4.78, 5) is 23.0. The van der Waals surface area contributed by atoms with Crippen LogP contribution in [-0.2, 0) is 17.5 Å². The summed E-state index contributed by atoms with van der Waals surface area (Å²) in [6.45, 7) is 7.43. The summed E-state index contributed by atoms with van der Waals surface area (Å²) in [6.07, 6.45) is -3.51. The van der Waals surface area contributed by atoms with Crippen molar-refractivity contribution >= 4 is 5.91 Å². The van der Waals surface area contributed by atoms with Gasteiger partial charge in [0, 0.05) is 37.1 Å². The van der Waals surface area contributed by atoms with Gasteiger partial charge in [0.1, 0.15) is 0 Å². The Bertz CT molecular complexity index is 874. The molecule has 0 radical (unpaired) electrons. The number of carbonyl (C=O) groups is 1. The molecule has 3 rings (SSSR count). The van der Waals surface area contributed by atoms with E-state index < -0.39 is 17.8 Å². The molecule has 1 aromatic carbocycles. The van der Waals surface area contributed by atoms with Crippen molar-refractivity contribution in [3.8, 4) is 6.01 Å². The SMILES string of the molecule is Cc1cc(C)nc(OC(C)C(=O)NC2CCN(Cc3ccc(C(F)(F)F)cc3)CC2)n1. The third kappa shape index (κ3) is 6.65. The molecular weight excluding hydrogens is 409 g/mol. The van der Waals surface area contributed by atoms with Crippen LogP contribution in [0.15, 0.2) is 30.3 Å². The molecule has 1 N–H and O–H groups in total. The highest BCUT2D eigenvalue weighted by Gasteiger charge is 2.30. The summed E-state index contributed by atoms with van der Waals surface area (Å²) in [5.41, 5.74) is 1.75. The number of halogens is 3. The van der Waals surface area contributed by atoms with E-state index in [1.54, 1.807) is 6.92 Å². The van der Waals surface area contributed by atoms with Gasteiger partial charge >= 0.3 is 12.2 Å². The number of carbonyl (C=O) groups excluding carboxylic acids is 1. The minimum atomic E-state index is -4.32. The van der Waals surface area contributed by atoms with Gasteiger partial charge in [-0.2, -0.15) is 13.2 Å². The van der Waals surface area contributed by atoms with Gasteiger partial charge in [-0.05, 0) is 57.4 Å². The van der Waals surface area contributed by atoms with Crippen molar-refractivity contribution in [2.45, 2.75) is 58.5 Å². The molecule has 1 aliphatic heterocycles. The fourth-order valence-electron chi connectivity index (χ4n) is 3.57. The molecule has 1 aliphatic rings. The predicted molar refractivity (Wildman–Crippen MR) is 109 cm³/mol. The van der Waals surface area contributed by atoms with Crippen LogP contribution in [0.25, 0.3) is 0 Å². The van der Waals surface area contributed by atoms with E-state index in [9.17, 15) is 18.0 Å². The topological polar surface area (TPSA) is 67.3 Å². The van der Waals surface area contributed by atoms with Crippen LogP contribution in [0.1, 0.15) is 42.3 Å². The molecule has 1 fully saturated rings. The number of ether oxygens (including phenoxy) is 1. The lowest BCUT2D eigenvalue weighted by atomic mass is 10.0. The second-order valence-electron chi connectivity index (χ2n) is 7.95. The number of benzene rings is 1. The second kappa shape index (κ2) is 9.64. The molecule has 2 aromatic rings. The van der Waals surface area contributed by atoms with Crippen LogP contribution in [-0.4, -0.2) is 46.0 Å². The van der Waals surface area contributed by atoms with E-state index in [1.165, 1.54) is 12.1 Å². The van der Waals surface area contributed by atoms with E-state index in [0.717, 1.165) is 55.0 Å². The number of aromatic nitrogens is 2. The molecule has 1 unspecified atom stereocenters. The van der Waals surface area contributed by atoms with Crippen molar-refractivity contribution in [2.24, 2.45) is 0 Å². The monoisotopic (exact) mass is 436 g/mol. The highest BCUT2D eigenvalue weighted by atomic mass is 19.4. The van der Waals surface area contributed by atoms with Gasteiger partial charge in [-0.3, -0.25) is 9.69 Å². The molecule has 0 saturated carbocycles. The predicted octanol–water partition coefficient (Wildman–Crippen LogP) is 3.66. The van der Waals surface area contributed by atoms with Gasteiger partial charge in [-0.15, -0.1) is 0 Å². The Kier molecular flexibility index (Phi) is 7.15. The van der Waals surface area contributed by atoms with Crippen molar-refractivity contribution in [1.82, 2.24) is 20.2 Å². The first-order chi connectivity index (χ1) is 14.6. The number of aryl methyl sites for hydroxylation is 2. The maximum Gasteiger partial charge on any atom is 0.416 e. The van der Waals surface area contributed by atoms with Crippen molar-refractivity contribution in [1.29, 1.82) is 0 Å². The van der Waals surface area contributed by atoms with E-state index >= 15 is 0 Å². The average molecular weight is 436 g/mol.